The third-order valence-corrected chi connectivity index (χ3v) is 7.82. The first kappa shape index (κ1) is 21.5. The van der Waals surface area contributed by atoms with E-state index in [1.807, 2.05) is 12.1 Å². The molecule has 1 heterocycles. The number of aryl methyl sites for hydroxylation is 1. The average molecular weight is 437 g/mol. The fraction of sp³-hybridized carbons (Fsp3) is 0.320. The van der Waals surface area contributed by atoms with Crippen molar-refractivity contribution in [3.05, 3.63) is 78.4 Å². The third kappa shape index (κ3) is 4.97. The third-order valence-electron chi connectivity index (χ3n) is 5.94. The first-order valence-corrected chi connectivity index (χ1v) is 12.3. The summed E-state index contributed by atoms with van der Waals surface area (Å²) in [5.74, 6) is -0.351. The summed E-state index contributed by atoms with van der Waals surface area (Å²) in [6, 6.07) is 23.1. The Labute approximate surface area is 184 Å². The van der Waals surface area contributed by atoms with Gasteiger partial charge in [0, 0.05) is 19.6 Å². The molecule has 0 spiro atoms. The highest BCUT2D eigenvalue weighted by Gasteiger charge is 2.33. The largest absolute Gasteiger partial charge is 0.356 e. The first-order valence-electron chi connectivity index (χ1n) is 10.9. The first-order chi connectivity index (χ1) is 15.1. The predicted octanol–water partition coefficient (Wildman–Crippen LogP) is 3.99. The van der Waals surface area contributed by atoms with E-state index in [4.69, 9.17) is 0 Å². The second-order valence-corrected chi connectivity index (χ2v) is 9.99. The minimum atomic E-state index is -3.56. The number of rotatable bonds is 7. The van der Waals surface area contributed by atoms with Gasteiger partial charge < -0.3 is 5.32 Å². The van der Waals surface area contributed by atoms with E-state index in [0.29, 0.717) is 19.5 Å². The van der Waals surface area contributed by atoms with Crippen molar-refractivity contribution in [2.24, 2.45) is 5.92 Å². The Morgan fingerprint density at radius 3 is 2.55 bits per heavy atom. The standard InChI is InChI=1S/C25H28N2O3S/c28-25(26-17-7-12-21-11-6-10-20-9-4-5-16-24(20)21)22-13-8-18-27(19-22)31(29,30)23-14-2-1-3-15-23/h1-6,9-11,14-16,22H,7-8,12-13,17-19H2,(H,26,28)/t22-/m1/s1. The van der Waals surface area contributed by atoms with Crippen LogP contribution >= 0.6 is 0 Å². The summed E-state index contributed by atoms with van der Waals surface area (Å²) in [6.07, 6.45) is 3.15. The topological polar surface area (TPSA) is 66.5 Å². The Morgan fingerprint density at radius 2 is 1.71 bits per heavy atom. The molecule has 0 aliphatic carbocycles. The zero-order valence-electron chi connectivity index (χ0n) is 17.5. The van der Waals surface area contributed by atoms with Crippen molar-refractivity contribution < 1.29 is 13.2 Å². The molecule has 0 radical (unpaired) electrons. The van der Waals surface area contributed by atoms with E-state index in [1.165, 1.54) is 20.6 Å². The molecule has 3 aromatic carbocycles. The zero-order chi connectivity index (χ0) is 21.7. The molecule has 4 rings (SSSR count). The molecule has 1 amide bonds. The molecule has 162 valence electrons. The molecule has 1 aliphatic heterocycles. The SMILES string of the molecule is O=C(NCCCc1cccc2ccccc12)[C@@H]1CCCN(S(=O)(=O)c2ccccc2)C1. The highest BCUT2D eigenvalue weighted by molar-refractivity contribution is 7.89. The van der Waals surface area contributed by atoms with Crippen LogP contribution in [0.2, 0.25) is 0 Å². The normalized spacial score (nSPS) is 17.5. The van der Waals surface area contributed by atoms with Crippen LogP contribution in [0.4, 0.5) is 0 Å². The van der Waals surface area contributed by atoms with Gasteiger partial charge in [0.05, 0.1) is 10.8 Å². The number of sulfonamides is 1. The molecule has 0 bridgehead atoms. The number of benzene rings is 3. The Balaban J connectivity index is 1.30. The van der Waals surface area contributed by atoms with Crippen molar-refractivity contribution in [1.82, 2.24) is 9.62 Å². The predicted molar refractivity (Wildman–Crippen MR) is 123 cm³/mol. The minimum absolute atomic E-state index is 0.0501. The van der Waals surface area contributed by atoms with Crippen molar-refractivity contribution in [3.63, 3.8) is 0 Å². The van der Waals surface area contributed by atoms with Gasteiger partial charge in [0.1, 0.15) is 0 Å². The lowest BCUT2D eigenvalue weighted by atomic mass is 9.98. The Kier molecular flexibility index (Phi) is 6.68. The summed E-state index contributed by atoms with van der Waals surface area (Å²) < 4.78 is 27.2. The van der Waals surface area contributed by atoms with Gasteiger partial charge in [-0.05, 0) is 54.2 Å². The molecule has 6 heteroatoms. The van der Waals surface area contributed by atoms with Crippen molar-refractivity contribution in [2.45, 2.75) is 30.6 Å². The fourth-order valence-corrected chi connectivity index (χ4v) is 5.81. The molecule has 0 aromatic heterocycles. The second-order valence-electron chi connectivity index (χ2n) is 8.05. The summed E-state index contributed by atoms with van der Waals surface area (Å²) in [4.78, 5) is 13.0. The number of fused-ring (bicyclic) bond motifs is 1. The van der Waals surface area contributed by atoms with Crippen molar-refractivity contribution in [2.75, 3.05) is 19.6 Å². The maximum Gasteiger partial charge on any atom is 0.243 e. The van der Waals surface area contributed by atoms with Crippen LogP contribution in [-0.4, -0.2) is 38.3 Å². The fourth-order valence-electron chi connectivity index (χ4n) is 4.26. The maximum atomic E-state index is 12.9. The molecule has 1 atom stereocenters. The number of carbonyl (C=O) groups is 1. The molecule has 1 saturated heterocycles. The summed E-state index contributed by atoms with van der Waals surface area (Å²) in [6.45, 7) is 1.29. The summed E-state index contributed by atoms with van der Waals surface area (Å²) in [7, 11) is -3.56. The lowest BCUT2D eigenvalue weighted by Gasteiger charge is -2.31. The Morgan fingerprint density at radius 1 is 0.968 bits per heavy atom. The highest BCUT2D eigenvalue weighted by atomic mass is 32.2. The van der Waals surface area contributed by atoms with Crippen LogP contribution in [0.1, 0.15) is 24.8 Å². The van der Waals surface area contributed by atoms with Crippen LogP contribution in [0, 0.1) is 5.92 Å². The number of carbonyl (C=O) groups excluding carboxylic acids is 1. The molecule has 31 heavy (non-hydrogen) atoms. The number of hydrogen-bond acceptors (Lipinski definition) is 3. The zero-order valence-corrected chi connectivity index (χ0v) is 18.4. The smallest absolute Gasteiger partial charge is 0.243 e. The van der Waals surface area contributed by atoms with Crippen molar-refractivity contribution in [3.8, 4) is 0 Å². The van der Waals surface area contributed by atoms with Crippen LogP contribution in [0.5, 0.6) is 0 Å². The van der Waals surface area contributed by atoms with Gasteiger partial charge in [-0.15, -0.1) is 0 Å². The molecule has 1 fully saturated rings. The van der Waals surface area contributed by atoms with E-state index < -0.39 is 10.0 Å². The number of nitrogens with zero attached hydrogens (tertiary/aromatic N) is 1. The monoisotopic (exact) mass is 436 g/mol. The molecule has 1 aliphatic rings. The van der Waals surface area contributed by atoms with Crippen LogP contribution in [-0.2, 0) is 21.2 Å². The molecular weight excluding hydrogens is 408 g/mol. The molecule has 3 aromatic rings. The lowest BCUT2D eigenvalue weighted by Crippen LogP contribution is -2.45. The molecule has 0 unspecified atom stereocenters. The van der Waals surface area contributed by atoms with E-state index in [2.05, 4.69) is 35.6 Å². The summed E-state index contributed by atoms with van der Waals surface area (Å²) in [5.41, 5.74) is 1.28. The molecule has 5 nitrogen and oxygen atoms in total. The maximum absolute atomic E-state index is 12.9. The minimum Gasteiger partial charge on any atom is -0.356 e. The average Bonchev–Trinajstić information content (AvgIpc) is 2.82. The van der Waals surface area contributed by atoms with Crippen LogP contribution < -0.4 is 5.32 Å². The highest BCUT2D eigenvalue weighted by Crippen LogP contribution is 2.24. The van der Waals surface area contributed by atoms with Crippen LogP contribution in [0.15, 0.2) is 77.7 Å². The van der Waals surface area contributed by atoms with Gasteiger partial charge in [-0.3, -0.25) is 4.79 Å². The Bertz CT molecular complexity index is 1140. The van der Waals surface area contributed by atoms with E-state index in [0.717, 1.165) is 19.3 Å². The van der Waals surface area contributed by atoms with E-state index in [9.17, 15) is 13.2 Å². The lowest BCUT2D eigenvalue weighted by molar-refractivity contribution is -0.126. The molecule has 0 saturated carbocycles. The van der Waals surface area contributed by atoms with Gasteiger partial charge in [0.2, 0.25) is 15.9 Å². The van der Waals surface area contributed by atoms with Gasteiger partial charge in [-0.1, -0.05) is 60.7 Å². The summed E-state index contributed by atoms with van der Waals surface area (Å²) in [5, 5.41) is 5.50. The number of nitrogens with one attached hydrogen (secondary N) is 1. The van der Waals surface area contributed by atoms with Crippen molar-refractivity contribution in [1.29, 1.82) is 0 Å². The van der Waals surface area contributed by atoms with E-state index in [-0.39, 0.29) is 23.3 Å². The molecular formula is C25H28N2O3S. The number of piperidine rings is 1. The second kappa shape index (κ2) is 9.62. The molecule has 1 N–H and O–H groups in total. The van der Waals surface area contributed by atoms with Gasteiger partial charge >= 0.3 is 0 Å². The van der Waals surface area contributed by atoms with E-state index >= 15 is 0 Å². The van der Waals surface area contributed by atoms with E-state index in [1.54, 1.807) is 30.3 Å². The van der Waals surface area contributed by atoms with Gasteiger partial charge in [-0.25, -0.2) is 8.42 Å². The van der Waals surface area contributed by atoms with Crippen LogP contribution in [0.25, 0.3) is 10.8 Å². The van der Waals surface area contributed by atoms with Crippen LogP contribution in [0.3, 0.4) is 0 Å². The van der Waals surface area contributed by atoms with Gasteiger partial charge in [0.25, 0.3) is 0 Å². The van der Waals surface area contributed by atoms with Crippen molar-refractivity contribution >= 4 is 26.7 Å². The summed E-state index contributed by atoms with van der Waals surface area (Å²) >= 11 is 0. The Hall–Kier alpha value is -2.70. The number of hydrogen-bond donors (Lipinski definition) is 1. The van der Waals surface area contributed by atoms with Gasteiger partial charge in [0.15, 0.2) is 0 Å². The number of amides is 1. The van der Waals surface area contributed by atoms with Gasteiger partial charge in [-0.2, -0.15) is 4.31 Å². The quantitative estimate of drug-likeness (QED) is 0.570.